The van der Waals surface area contributed by atoms with Gasteiger partial charge in [-0.2, -0.15) is 0 Å². The van der Waals surface area contributed by atoms with Crippen molar-refractivity contribution in [3.05, 3.63) is 22.1 Å². The van der Waals surface area contributed by atoms with Crippen molar-refractivity contribution in [3.63, 3.8) is 0 Å². The quantitative estimate of drug-likeness (QED) is 0.888. The Morgan fingerprint density at radius 1 is 1.25 bits per heavy atom. The molecular weight excluding hydrogens is 250 g/mol. The van der Waals surface area contributed by atoms with Crippen molar-refractivity contribution in [2.24, 2.45) is 29.4 Å². The van der Waals surface area contributed by atoms with Crippen LogP contribution in [-0.4, -0.2) is 16.3 Å². The highest BCUT2D eigenvalue weighted by Gasteiger charge is 2.49. The monoisotopic (exact) mass is 275 g/mol. The third kappa shape index (κ3) is 1.80. The highest BCUT2D eigenvalue weighted by molar-refractivity contribution is 5.09. The van der Waals surface area contributed by atoms with Crippen LogP contribution in [0.4, 0.5) is 0 Å². The van der Waals surface area contributed by atoms with Gasteiger partial charge in [0.2, 0.25) is 0 Å². The van der Waals surface area contributed by atoms with E-state index in [0.29, 0.717) is 12.6 Å². The zero-order valence-corrected chi connectivity index (χ0v) is 12.2. The third-order valence-corrected chi connectivity index (χ3v) is 6.13. The van der Waals surface area contributed by atoms with E-state index in [2.05, 4.69) is 12.0 Å². The molecule has 0 aromatic carbocycles. The summed E-state index contributed by atoms with van der Waals surface area (Å²) in [6.45, 7) is 2.66. The van der Waals surface area contributed by atoms with Crippen molar-refractivity contribution in [1.29, 1.82) is 0 Å². The molecule has 110 valence electrons. The average molecular weight is 275 g/mol. The topological polar surface area (TPSA) is 63.8 Å². The van der Waals surface area contributed by atoms with Crippen LogP contribution in [0.15, 0.2) is 10.9 Å². The molecule has 4 heteroatoms. The van der Waals surface area contributed by atoms with Crippen LogP contribution in [0.25, 0.3) is 0 Å². The Kier molecular flexibility index (Phi) is 2.85. The van der Waals surface area contributed by atoms with Gasteiger partial charge in [-0.15, -0.1) is 0 Å². The number of aromatic nitrogens is 2. The van der Waals surface area contributed by atoms with E-state index in [4.69, 9.17) is 5.73 Å². The molecule has 1 aromatic heterocycles. The Morgan fingerprint density at radius 3 is 2.40 bits per heavy atom. The van der Waals surface area contributed by atoms with E-state index in [0.717, 1.165) is 29.4 Å². The van der Waals surface area contributed by atoms with Crippen molar-refractivity contribution >= 4 is 0 Å². The van der Waals surface area contributed by atoms with E-state index >= 15 is 0 Å². The zero-order valence-electron chi connectivity index (χ0n) is 12.2. The maximum Gasteiger partial charge on any atom is 0.266 e. The van der Waals surface area contributed by atoms with Gasteiger partial charge in [-0.05, 0) is 55.8 Å². The molecule has 4 nitrogen and oxygen atoms in total. The molecule has 0 saturated heterocycles. The first-order valence-electron chi connectivity index (χ1n) is 8.17. The summed E-state index contributed by atoms with van der Waals surface area (Å²) in [5, 5.41) is 3.38. The van der Waals surface area contributed by atoms with Gasteiger partial charge in [-0.1, -0.05) is 6.92 Å². The lowest BCUT2D eigenvalue weighted by Crippen LogP contribution is -2.48. The van der Waals surface area contributed by atoms with E-state index in [-0.39, 0.29) is 11.5 Å². The molecule has 0 aliphatic heterocycles. The van der Waals surface area contributed by atoms with Gasteiger partial charge in [-0.3, -0.25) is 9.89 Å². The largest absolute Gasteiger partial charge is 0.330 e. The fourth-order valence-corrected chi connectivity index (χ4v) is 5.35. The summed E-state index contributed by atoms with van der Waals surface area (Å²) in [5.41, 5.74) is 6.88. The molecule has 1 unspecified atom stereocenters. The maximum atomic E-state index is 12.4. The number of nitrogens with two attached hydrogens (primary N) is 1. The van der Waals surface area contributed by atoms with Crippen LogP contribution >= 0.6 is 0 Å². The summed E-state index contributed by atoms with van der Waals surface area (Å²) in [6, 6.07) is 2.19. The summed E-state index contributed by atoms with van der Waals surface area (Å²) in [6.07, 6.45) is 6.81. The molecule has 1 aromatic rings. The Labute approximate surface area is 119 Å². The van der Waals surface area contributed by atoms with Gasteiger partial charge in [-0.25, -0.2) is 4.68 Å². The van der Waals surface area contributed by atoms with Gasteiger partial charge in [0, 0.05) is 24.2 Å². The predicted octanol–water partition coefficient (Wildman–Crippen LogP) is 2.24. The lowest BCUT2D eigenvalue weighted by molar-refractivity contribution is -0.0349. The fraction of sp³-hybridized carbons (Fsp3) is 0.812. The van der Waals surface area contributed by atoms with Crippen molar-refractivity contribution in [1.82, 2.24) is 9.78 Å². The summed E-state index contributed by atoms with van der Waals surface area (Å²) < 4.78 is 1.95. The van der Waals surface area contributed by atoms with E-state index in [1.165, 1.54) is 32.1 Å². The molecule has 1 heterocycles. The zero-order chi connectivity index (χ0) is 13.9. The van der Waals surface area contributed by atoms with Crippen molar-refractivity contribution < 1.29 is 0 Å². The Balaban J connectivity index is 1.68. The van der Waals surface area contributed by atoms with Crippen molar-refractivity contribution in [2.75, 3.05) is 6.54 Å². The third-order valence-electron chi connectivity index (χ3n) is 6.13. The molecule has 5 rings (SSSR count). The fourth-order valence-electron chi connectivity index (χ4n) is 5.35. The van der Waals surface area contributed by atoms with E-state index < -0.39 is 0 Å². The Hall–Kier alpha value is -1.03. The first-order valence-corrected chi connectivity index (χ1v) is 8.17. The van der Waals surface area contributed by atoms with Crippen LogP contribution in [0.2, 0.25) is 0 Å². The van der Waals surface area contributed by atoms with E-state index in [1.807, 2.05) is 4.68 Å². The molecule has 20 heavy (non-hydrogen) atoms. The van der Waals surface area contributed by atoms with Crippen LogP contribution in [0.5, 0.6) is 0 Å². The number of rotatable bonds is 3. The Bertz CT molecular complexity index is 530. The van der Waals surface area contributed by atoms with Crippen LogP contribution in [0, 0.1) is 23.7 Å². The van der Waals surface area contributed by atoms with Crippen molar-refractivity contribution in [2.45, 2.75) is 51.0 Å². The second-order valence-corrected chi connectivity index (χ2v) is 7.48. The first-order chi connectivity index (χ1) is 9.65. The normalized spacial score (nSPS) is 40.2. The predicted molar refractivity (Wildman–Crippen MR) is 78.6 cm³/mol. The molecule has 4 fully saturated rings. The van der Waals surface area contributed by atoms with Crippen LogP contribution in [0.1, 0.15) is 56.7 Å². The number of H-pyrrole nitrogens is 1. The summed E-state index contributed by atoms with van der Waals surface area (Å²) in [7, 11) is 0. The van der Waals surface area contributed by atoms with Crippen LogP contribution in [-0.2, 0) is 0 Å². The second kappa shape index (κ2) is 4.48. The van der Waals surface area contributed by atoms with Gasteiger partial charge in [0.1, 0.15) is 0 Å². The molecule has 4 aliphatic carbocycles. The van der Waals surface area contributed by atoms with Crippen LogP contribution in [0.3, 0.4) is 0 Å². The van der Waals surface area contributed by atoms with Crippen LogP contribution < -0.4 is 11.3 Å². The summed E-state index contributed by atoms with van der Waals surface area (Å²) in [5.74, 6) is 3.58. The first kappa shape index (κ1) is 12.7. The molecule has 4 saturated carbocycles. The lowest BCUT2D eigenvalue weighted by Gasteiger charge is -2.54. The molecule has 0 amide bonds. The lowest BCUT2D eigenvalue weighted by atomic mass is 9.54. The van der Waals surface area contributed by atoms with Gasteiger partial charge in [0.15, 0.2) is 0 Å². The SMILES string of the molecule is CC(CN)c1cc(=O)n(C2C3CC4CC(C3)CC2C4)[nH]1. The molecule has 0 spiro atoms. The molecule has 4 aliphatic rings. The van der Waals surface area contributed by atoms with Gasteiger partial charge < -0.3 is 5.73 Å². The molecule has 1 atom stereocenters. The minimum Gasteiger partial charge on any atom is -0.330 e. The minimum absolute atomic E-state index is 0.151. The van der Waals surface area contributed by atoms with Crippen molar-refractivity contribution in [3.8, 4) is 0 Å². The molecule has 3 N–H and O–H groups in total. The highest BCUT2D eigenvalue weighted by atomic mass is 16.1. The van der Waals surface area contributed by atoms with E-state index in [9.17, 15) is 4.79 Å². The molecule has 0 radical (unpaired) electrons. The number of hydrogen-bond donors (Lipinski definition) is 2. The Morgan fingerprint density at radius 2 is 1.85 bits per heavy atom. The standard InChI is InChI=1S/C16H25N3O/c1-9(8-17)14-7-15(20)19(18-14)16-12-3-10-2-11(5-12)6-13(16)4-10/h7,9-13,16,18H,2-6,8,17H2,1H3. The summed E-state index contributed by atoms with van der Waals surface area (Å²) in [4.78, 5) is 12.4. The second-order valence-electron chi connectivity index (χ2n) is 7.48. The van der Waals surface area contributed by atoms with Gasteiger partial charge in [0.05, 0.1) is 6.04 Å². The number of hydrogen-bond acceptors (Lipinski definition) is 2. The van der Waals surface area contributed by atoms with Gasteiger partial charge >= 0.3 is 0 Å². The van der Waals surface area contributed by atoms with E-state index in [1.54, 1.807) is 6.07 Å². The summed E-state index contributed by atoms with van der Waals surface area (Å²) >= 11 is 0. The number of nitrogens with zero attached hydrogens (tertiary/aromatic N) is 1. The number of nitrogens with one attached hydrogen (secondary N) is 1. The smallest absolute Gasteiger partial charge is 0.266 e. The maximum absolute atomic E-state index is 12.4. The highest BCUT2D eigenvalue weighted by Crippen LogP contribution is 2.57. The van der Waals surface area contributed by atoms with Gasteiger partial charge in [0.25, 0.3) is 5.56 Å². The minimum atomic E-state index is 0.151. The number of aromatic amines is 1. The molecule has 4 bridgehead atoms. The molecular formula is C16H25N3O. The average Bonchev–Trinajstić information content (AvgIpc) is 2.79.